The number of hydrogen-bond acceptors (Lipinski definition) is 3. The first-order valence-electron chi connectivity index (χ1n) is 5.44. The lowest BCUT2D eigenvalue weighted by atomic mass is 10.0. The molecule has 3 heteroatoms. The summed E-state index contributed by atoms with van der Waals surface area (Å²) in [5.41, 5.74) is 1.01. The third-order valence-corrected chi connectivity index (χ3v) is 2.17. The minimum Gasteiger partial charge on any atom is -0.462 e. The lowest BCUT2D eigenvalue weighted by molar-refractivity contribution is -0.138. The maximum absolute atomic E-state index is 11.3. The smallest absolute Gasteiger partial charge is 0.348 e. The molecule has 0 spiro atoms. The number of unbranched alkanes of at least 4 members (excludes halogenated alkanes) is 2. The van der Waals surface area contributed by atoms with Crippen LogP contribution in [0.25, 0.3) is 0 Å². The van der Waals surface area contributed by atoms with Crippen molar-refractivity contribution in [2.24, 2.45) is 0 Å². The van der Waals surface area contributed by atoms with Gasteiger partial charge in [0.2, 0.25) is 0 Å². The number of nitrogens with zero attached hydrogens (tertiary/aromatic N) is 1. The fourth-order valence-corrected chi connectivity index (χ4v) is 1.28. The van der Waals surface area contributed by atoms with Gasteiger partial charge in [-0.05, 0) is 32.3 Å². The van der Waals surface area contributed by atoms with Crippen LogP contribution in [0.2, 0.25) is 0 Å². The van der Waals surface area contributed by atoms with E-state index in [1.807, 2.05) is 13.0 Å². The van der Waals surface area contributed by atoms with Gasteiger partial charge in [-0.3, -0.25) is 0 Å². The van der Waals surface area contributed by atoms with E-state index in [-0.39, 0.29) is 5.57 Å². The topological polar surface area (TPSA) is 50.1 Å². The molecule has 0 bridgehead atoms. The Balaban J connectivity index is 4.40. The Hall–Kier alpha value is -1.30. The molecule has 0 aliphatic heterocycles. The van der Waals surface area contributed by atoms with Gasteiger partial charge in [-0.2, -0.15) is 5.26 Å². The Bertz CT molecular complexity index is 274. The predicted octanol–water partition coefficient (Wildman–Crippen LogP) is 2.97. The highest BCUT2D eigenvalue weighted by Gasteiger charge is 2.12. The maximum Gasteiger partial charge on any atom is 0.348 e. The molecule has 0 heterocycles. The number of hydrogen-bond donors (Lipinski definition) is 0. The van der Waals surface area contributed by atoms with Crippen LogP contribution in [-0.2, 0) is 9.53 Å². The molecule has 0 aliphatic rings. The standard InChI is InChI=1S/C12H19NO2/c1-4-6-7-8-10(3)11(9-13)12(14)15-5-2/h4-8H2,1-3H3. The van der Waals surface area contributed by atoms with Gasteiger partial charge in [0.25, 0.3) is 0 Å². The van der Waals surface area contributed by atoms with Crippen molar-refractivity contribution < 1.29 is 9.53 Å². The van der Waals surface area contributed by atoms with Crippen LogP contribution in [0.15, 0.2) is 11.1 Å². The van der Waals surface area contributed by atoms with Crippen molar-refractivity contribution in [1.82, 2.24) is 0 Å². The number of carbonyl (C=O) groups excluding carboxylic acids is 1. The largest absolute Gasteiger partial charge is 0.462 e. The first-order chi connectivity index (χ1) is 7.17. The number of rotatable bonds is 6. The minimum atomic E-state index is -0.492. The van der Waals surface area contributed by atoms with Crippen molar-refractivity contribution in [2.75, 3.05) is 6.61 Å². The van der Waals surface area contributed by atoms with E-state index >= 15 is 0 Å². The first-order valence-corrected chi connectivity index (χ1v) is 5.44. The third-order valence-electron chi connectivity index (χ3n) is 2.17. The molecule has 0 amide bonds. The molecule has 0 radical (unpaired) electrons. The van der Waals surface area contributed by atoms with Crippen LogP contribution < -0.4 is 0 Å². The van der Waals surface area contributed by atoms with Gasteiger partial charge in [-0.1, -0.05) is 19.8 Å². The van der Waals surface area contributed by atoms with Crippen LogP contribution in [0, 0.1) is 11.3 Å². The van der Waals surface area contributed by atoms with Crippen LogP contribution >= 0.6 is 0 Å². The molecule has 15 heavy (non-hydrogen) atoms. The Morgan fingerprint density at radius 1 is 1.33 bits per heavy atom. The average molecular weight is 209 g/mol. The van der Waals surface area contributed by atoms with E-state index in [2.05, 4.69) is 6.92 Å². The van der Waals surface area contributed by atoms with E-state index in [1.54, 1.807) is 6.92 Å². The summed E-state index contributed by atoms with van der Waals surface area (Å²) in [5.74, 6) is -0.492. The lowest BCUT2D eigenvalue weighted by Crippen LogP contribution is -2.08. The number of nitriles is 1. The molecule has 0 aromatic carbocycles. The summed E-state index contributed by atoms with van der Waals surface area (Å²) in [6.07, 6.45) is 4.08. The summed E-state index contributed by atoms with van der Waals surface area (Å²) in [5, 5.41) is 8.84. The van der Waals surface area contributed by atoms with Gasteiger partial charge in [0.15, 0.2) is 0 Å². The molecule has 0 aromatic heterocycles. The summed E-state index contributed by atoms with van der Waals surface area (Å²) in [6, 6.07) is 1.92. The van der Waals surface area contributed by atoms with Crippen LogP contribution in [0.4, 0.5) is 0 Å². The molecular weight excluding hydrogens is 190 g/mol. The van der Waals surface area contributed by atoms with Crippen molar-refractivity contribution in [3.05, 3.63) is 11.1 Å². The lowest BCUT2D eigenvalue weighted by Gasteiger charge is -2.04. The fourth-order valence-electron chi connectivity index (χ4n) is 1.28. The summed E-state index contributed by atoms with van der Waals surface area (Å²) < 4.78 is 4.80. The average Bonchev–Trinajstić information content (AvgIpc) is 2.19. The quantitative estimate of drug-likeness (QED) is 0.292. The van der Waals surface area contributed by atoms with Gasteiger partial charge in [0.05, 0.1) is 6.61 Å². The Labute approximate surface area is 91.7 Å². The van der Waals surface area contributed by atoms with Gasteiger partial charge in [-0.15, -0.1) is 0 Å². The zero-order chi connectivity index (χ0) is 11.7. The van der Waals surface area contributed by atoms with E-state index in [1.165, 1.54) is 0 Å². The number of allylic oxidation sites excluding steroid dienone is 1. The second-order valence-electron chi connectivity index (χ2n) is 3.44. The zero-order valence-corrected chi connectivity index (χ0v) is 9.80. The van der Waals surface area contributed by atoms with Crippen LogP contribution in [0.5, 0.6) is 0 Å². The van der Waals surface area contributed by atoms with Crippen molar-refractivity contribution >= 4 is 5.97 Å². The molecule has 0 rings (SSSR count). The molecule has 0 fully saturated rings. The molecule has 0 saturated carbocycles. The summed E-state index contributed by atoms with van der Waals surface area (Å²) in [7, 11) is 0. The summed E-state index contributed by atoms with van der Waals surface area (Å²) in [4.78, 5) is 11.3. The summed E-state index contributed by atoms with van der Waals surface area (Å²) >= 11 is 0. The number of carbonyl (C=O) groups is 1. The Morgan fingerprint density at radius 3 is 2.47 bits per heavy atom. The molecule has 0 aliphatic carbocycles. The monoisotopic (exact) mass is 209 g/mol. The molecule has 0 atom stereocenters. The Kier molecular flexibility index (Phi) is 7.35. The normalized spacial score (nSPS) is 11.6. The van der Waals surface area contributed by atoms with Gasteiger partial charge in [-0.25, -0.2) is 4.79 Å². The van der Waals surface area contributed by atoms with Gasteiger partial charge in [0, 0.05) is 0 Å². The highest BCUT2D eigenvalue weighted by atomic mass is 16.5. The van der Waals surface area contributed by atoms with Crippen LogP contribution in [0.1, 0.15) is 46.5 Å². The van der Waals surface area contributed by atoms with Crippen molar-refractivity contribution in [2.45, 2.75) is 46.5 Å². The molecule has 0 N–H and O–H groups in total. The van der Waals surface area contributed by atoms with Crippen molar-refractivity contribution in [3.63, 3.8) is 0 Å². The molecule has 84 valence electrons. The first kappa shape index (κ1) is 13.7. The van der Waals surface area contributed by atoms with Crippen molar-refractivity contribution in [3.8, 4) is 6.07 Å². The molecular formula is C12H19NO2. The van der Waals surface area contributed by atoms with E-state index in [0.29, 0.717) is 6.61 Å². The minimum absolute atomic E-state index is 0.174. The Morgan fingerprint density at radius 2 is 2.00 bits per heavy atom. The van der Waals surface area contributed by atoms with Gasteiger partial charge < -0.3 is 4.74 Å². The van der Waals surface area contributed by atoms with Gasteiger partial charge in [0.1, 0.15) is 11.6 Å². The fraction of sp³-hybridized carbons (Fsp3) is 0.667. The van der Waals surface area contributed by atoms with Crippen LogP contribution in [0.3, 0.4) is 0 Å². The van der Waals surface area contributed by atoms with Crippen molar-refractivity contribution in [1.29, 1.82) is 5.26 Å². The van der Waals surface area contributed by atoms with E-state index < -0.39 is 5.97 Å². The highest BCUT2D eigenvalue weighted by Crippen LogP contribution is 2.13. The second kappa shape index (κ2) is 8.05. The molecule has 0 unspecified atom stereocenters. The summed E-state index contributed by atoms with van der Waals surface area (Å²) in [6.45, 7) is 5.99. The van der Waals surface area contributed by atoms with E-state index in [0.717, 1.165) is 31.3 Å². The van der Waals surface area contributed by atoms with Crippen LogP contribution in [-0.4, -0.2) is 12.6 Å². The molecule has 0 saturated heterocycles. The zero-order valence-electron chi connectivity index (χ0n) is 9.80. The van der Waals surface area contributed by atoms with Gasteiger partial charge >= 0.3 is 5.97 Å². The van der Waals surface area contributed by atoms with E-state index in [4.69, 9.17) is 10.00 Å². The highest BCUT2D eigenvalue weighted by molar-refractivity contribution is 5.93. The maximum atomic E-state index is 11.3. The molecule has 3 nitrogen and oxygen atoms in total. The molecule has 0 aromatic rings. The van der Waals surface area contributed by atoms with E-state index in [9.17, 15) is 4.79 Å². The number of esters is 1. The third kappa shape index (κ3) is 5.21. The second-order valence-corrected chi connectivity index (χ2v) is 3.44. The number of ether oxygens (including phenoxy) is 1. The SMILES string of the molecule is CCCCCC(C)=C(C#N)C(=O)OCC. The predicted molar refractivity (Wildman–Crippen MR) is 59.1 cm³/mol.